The number of carbonyl (C=O) groups excluding carboxylic acids is 1. The molecule has 0 atom stereocenters. The van der Waals surface area contributed by atoms with Gasteiger partial charge in [0.15, 0.2) is 0 Å². The van der Waals surface area contributed by atoms with Crippen molar-refractivity contribution in [3.05, 3.63) is 34.1 Å². The fourth-order valence-corrected chi connectivity index (χ4v) is 3.34. The van der Waals surface area contributed by atoms with Gasteiger partial charge in [0.1, 0.15) is 5.82 Å². The summed E-state index contributed by atoms with van der Waals surface area (Å²) in [7, 11) is 0. The summed E-state index contributed by atoms with van der Waals surface area (Å²) in [6.45, 7) is 4.29. The summed E-state index contributed by atoms with van der Waals surface area (Å²) in [6, 6.07) is 4.33. The average molecular weight is 408 g/mol. The zero-order chi connectivity index (χ0) is 14.5. The number of hydrogen-bond donors (Lipinski definition) is 0. The van der Waals surface area contributed by atoms with Gasteiger partial charge in [-0.25, -0.2) is 4.39 Å². The molecule has 20 heavy (non-hydrogen) atoms. The van der Waals surface area contributed by atoms with Gasteiger partial charge in [0.05, 0.1) is 0 Å². The minimum atomic E-state index is -0.390. The van der Waals surface area contributed by atoms with E-state index in [-0.39, 0.29) is 5.91 Å². The first-order valence-electron chi connectivity index (χ1n) is 6.64. The molecule has 1 aromatic carbocycles. The predicted molar refractivity (Wildman–Crippen MR) is 84.9 cm³/mol. The second-order valence-corrected chi connectivity index (χ2v) is 6.54. The van der Waals surface area contributed by atoms with Crippen LogP contribution < -0.4 is 0 Å². The molecule has 2 rings (SSSR count). The lowest BCUT2D eigenvalue weighted by Gasteiger charge is -2.21. The molecule has 3 nitrogen and oxygen atoms in total. The largest absolute Gasteiger partial charge is 0.337 e. The van der Waals surface area contributed by atoms with E-state index in [0.29, 0.717) is 16.6 Å². The van der Waals surface area contributed by atoms with E-state index in [9.17, 15) is 9.18 Å². The van der Waals surface area contributed by atoms with Crippen LogP contribution in [0.15, 0.2) is 22.7 Å². The van der Waals surface area contributed by atoms with Crippen molar-refractivity contribution in [2.75, 3.05) is 38.1 Å². The van der Waals surface area contributed by atoms with Crippen LogP contribution in [0.25, 0.3) is 0 Å². The van der Waals surface area contributed by atoms with Crippen LogP contribution in [-0.4, -0.2) is 53.8 Å². The third-order valence-electron chi connectivity index (χ3n) is 3.39. The third kappa shape index (κ3) is 4.27. The monoisotopic (exact) mass is 406 g/mol. The SMILES string of the molecule is O=C(c1cc(F)cc(Br)c1)N1CCCN(CCBr)CC1. The van der Waals surface area contributed by atoms with Gasteiger partial charge in [0.2, 0.25) is 0 Å². The van der Waals surface area contributed by atoms with Gasteiger partial charge in [-0.3, -0.25) is 4.79 Å². The molecule has 0 saturated carbocycles. The van der Waals surface area contributed by atoms with Crippen molar-refractivity contribution in [1.82, 2.24) is 9.80 Å². The van der Waals surface area contributed by atoms with Crippen molar-refractivity contribution in [1.29, 1.82) is 0 Å². The Balaban J connectivity index is 2.05. The lowest BCUT2D eigenvalue weighted by Crippen LogP contribution is -2.35. The Hall–Kier alpha value is -0.460. The van der Waals surface area contributed by atoms with Crippen LogP contribution >= 0.6 is 31.9 Å². The first-order chi connectivity index (χ1) is 9.60. The summed E-state index contributed by atoms with van der Waals surface area (Å²) in [6.07, 6.45) is 0.954. The number of carbonyl (C=O) groups is 1. The number of alkyl halides is 1. The van der Waals surface area contributed by atoms with Crippen molar-refractivity contribution >= 4 is 37.8 Å². The van der Waals surface area contributed by atoms with Crippen LogP contribution in [0.5, 0.6) is 0 Å². The quantitative estimate of drug-likeness (QED) is 0.718. The van der Waals surface area contributed by atoms with Crippen LogP contribution in [0, 0.1) is 5.82 Å². The van der Waals surface area contributed by atoms with Crippen LogP contribution in [0.1, 0.15) is 16.8 Å². The van der Waals surface area contributed by atoms with Crippen molar-refractivity contribution in [2.45, 2.75) is 6.42 Å². The Morgan fingerprint density at radius 3 is 2.70 bits per heavy atom. The van der Waals surface area contributed by atoms with Gasteiger partial charge in [0.25, 0.3) is 5.91 Å². The summed E-state index contributed by atoms with van der Waals surface area (Å²) in [5, 5.41) is 0.942. The Morgan fingerprint density at radius 1 is 1.20 bits per heavy atom. The molecule has 0 unspecified atom stereocenters. The standard InChI is InChI=1S/C14H17Br2FN2O/c15-2-5-18-3-1-4-19(7-6-18)14(20)11-8-12(16)10-13(17)9-11/h8-10H,1-7H2. The molecule has 1 aromatic rings. The number of hydrogen-bond acceptors (Lipinski definition) is 2. The molecule has 0 aromatic heterocycles. The molecule has 1 amide bonds. The highest BCUT2D eigenvalue weighted by molar-refractivity contribution is 9.10. The zero-order valence-corrected chi connectivity index (χ0v) is 14.3. The van der Waals surface area contributed by atoms with E-state index in [0.717, 1.165) is 37.9 Å². The molecule has 1 saturated heterocycles. The van der Waals surface area contributed by atoms with Gasteiger partial charge in [-0.2, -0.15) is 0 Å². The molecule has 0 radical (unpaired) electrons. The third-order valence-corrected chi connectivity index (χ3v) is 4.20. The minimum absolute atomic E-state index is 0.0918. The van der Waals surface area contributed by atoms with Crippen molar-refractivity contribution in [2.24, 2.45) is 0 Å². The first kappa shape index (κ1) is 15.9. The fraction of sp³-hybridized carbons (Fsp3) is 0.500. The van der Waals surface area contributed by atoms with E-state index in [1.54, 1.807) is 6.07 Å². The number of benzene rings is 1. The molecule has 1 fully saturated rings. The molecule has 1 aliphatic heterocycles. The molecule has 6 heteroatoms. The van der Waals surface area contributed by atoms with Crippen LogP contribution in [0.4, 0.5) is 4.39 Å². The van der Waals surface area contributed by atoms with Crippen LogP contribution in [0.3, 0.4) is 0 Å². The van der Waals surface area contributed by atoms with E-state index in [4.69, 9.17) is 0 Å². The van der Waals surface area contributed by atoms with E-state index in [1.807, 2.05) is 4.90 Å². The Labute approximate surface area is 135 Å². The van der Waals surface area contributed by atoms with Gasteiger partial charge < -0.3 is 9.80 Å². The fourth-order valence-electron chi connectivity index (χ4n) is 2.38. The highest BCUT2D eigenvalue weighted by atomic mass is 79.9. The molecular weight excluding hydrogens is 391 g/mol. The average Bonchev–Trinajstić information content (AvgIpc) is 2.63. The van der Waals surface area contributed by atoms with Crippen LogP contribution in [0.2, 0.25) is 0 Å². The van der Waals surface area contributed by atoms with Gasteiger partial charge in [-0.1, -0.05) is 31.9 Å². The second-order valence-electron chi connectivity index (χ2n) is 4.83. The van der Waals surface area contributed by atoms with Gasteiger partial charge in [-0.05, 0) is 31.2 Å². The molecule has 1 heterocycles. The normalized spacial score (nSPS) is 17.1. The van der Waals surface area contributed by atoms with Crippen molar-refractivity contribution in [3.8, 4) is 0 Å². The van der Waals surface area contributed by atoms with Gasteiger partial charge in [0, 0.05) is 41.5 Å². The lowest BCUT2D eigenvalue weighted by molar-refractivity contribution is 0.0761. The number of halogens is 3. The highest BCUT2D eigenvalue weighted by Gasteiger charge is 2.20. The van der Waals surface area contributed by atoms with E-state index >= 15 is 0 Å². The van der Waals surface area contributed by atoms with E-state index in [1.165, 1.54) is 12.1 Å². The number of amides is 1. The van der Waals surface area contributed by atoms with Gasteiger partial charge >= 0.3 is 0 Å². The maximum absolute atomic E-state index is 13.4. The molecule has 0 spiro atoms. The minimum Gasteiger partial charge on any atom is -0.337 e. The summed E-state index contributed by atoms with van der Waals surface area (Å²) >= 11 is 6.66. The molecule has 110 valence electrons. The summed E-state index contributed by atoms with van der Waals surface area (Å²) in [4.78, 5) is 16.6. The summed E-state index contributed by atoms with van der Waals surface area (Å²) in [5.74, 6) is -0.482. The maximum Gasteiger partial charge on any atom is 0.254 e. The smallest absolute Gasteiger partial charge is 0.254 e. The first-order valence-corrected chi connectivity index (χ1v) is 8.55. The van der Waals surface area contributed by atoms with Gasteiger partial charge in [-0.15, -0.1) is 0 Å². The highest BCUT2D eigenvalue weighted by Crippen LogP contribution is 2.17. The Morgan fingerprint density at radius 2 is 2.00 bits per heavy atom. The molecule has 0 N–H and O–H groups in total. The zero-order valence-electron chi connectivity index (χ0n) is 11.1. The predicted octanol–water partition coefficient (Wildman–Crippen LogP) is 3.13. The Bertz CT molecular complexity index is 464. The van der Waals surface area contributed by atoms with Crippen LogP contribution in [-0.2, 0) is 0 Å². The Kier molecular flexibility index (Phi) is 5.99. The van der Waals surface area contributed by atoms with Crippen molar-refractivity contribution in [3.63, 3.8) is 0 Å². The molecular formula is C14H17Br2FN2O. The lowest BCUT2D eigenvalue weighted by atomic mass is 10.2. The summed E-state index contributed by atoms with van der Waals surface area (Å²) < 4.78 is 14.0. The van der Waals surface area contributed by atoms with E-state index in [2.05, 4.69) is 36.8 Å². The topological polar surface area (TPSA) is 23.6 Å². The molecule has 0 aliphatic carbocycles. The second kappa shape index (κ2) is 7.52. The van der Waals surface area contributed by atoms with Crippen molar-refractivity contribution < 1.29 is 9.18 Å². The summed E-state index contributed by atoms with van der Waals surface area (Å²) in [5.41, 5.74) is 0.408. The molecule has 1 aliphatic rings. The molecule has 0 bridgehead atoms. The number of rotatable bonds is 3. The van der Waals surface area contributed by atoms with E-state index < -0.39 is 5.82 Å². The number of nitrogens with zero attached hydrogens (tertiary/aromatic N) is 2. The maximum atomic E-state index is 13.4.